The van der Waals surface area contributed by atoms with Crippen molar-refractivity contribution in [3.05, 3.63) is 0 Å². The zero-order valence-corrected chi connectivity index (χ0v) is 7.73. The van der Waals surface area contributed by atoms with Gasteiger partial charge in [-0.3, -0.25) is 9.59 Å². The summed E-state index contributed by atoms with van der Waals surface area (Å²) >= 11 is 0. The minimum Gasteiger partial charge on any atom is -0.481 e. The van der Waals surface area contributed by atoms with Crippen LogP contribution in [0.15, 0.2) is 0 Å². The Labute approximate surface area is 83.5 Å². The second-order valence-electron chi connectivity index (χ2n) is 3.52. The Morgan fingerprint density at radius 2 is 1.80 bits per heavy atom. The van der Waals surface area contributed by atoms with Gasteiger partial charge < -0.3 is 10.4 Å². The lowest BCUT2D eigenvalue weighted by Gasteiger charge is -2.20. The number of hydrogen-bond acceptors (Lipinski definition) is 2. The second-order valence-corrected chi connectivity index (χ2v) is 3.52. The Bertz CT molecular complexity index is 283. The van der Waals surface area contributed by atoms with Crippen molar-refractivity contribution in [2.45, 2.75) is 37.4 Å². The lowest BCUT2D eigenvalue weighted by Crippen LogP contribution is -2.47. The van der Waals surface area contributed by atoms with Gasteiger partial charge in [-0.1, -0.05) is 0 Å². The smallest absolute Gasteiger partial charge is 0.411 e. The molecule has 86 valence electrons. The quantitative estimate of drug-likeness (QED) is 0.751. The molecular formula is C8H10F3NO3. The first-order valence-electron chi connectivity index (χ1n) is 4.36. The van der Waals surface area contributed by atoms with E-state index >= 15 is 0 Å². The molecule has 0 saturated heterocycles. The van der Waals surface area contributed by atoms with E-state index in [1.807, 2.05) is 5.32 Å². The second kappa shape index (κ2) is 3.71. The van der Waals surface area contributed by atoms with E-state index in [9.17, 15) is 22.8 Å². The fourth-order valence-electron chi connectivity index (χ4n) is 1.15. The van der Waals surface area contributed by atoms with E-state index in [-0.39, 0.29) is 12.8 Å². The SMILES string of the molecule is O=C(O)CCC(=O)NC1(C(F)(F)F)CC1. The lowest BCUT2D eigenvalue weighted by atomic mass is 10.2. The van der Waals surface area contributed by atoms with Gasteiger partial charge in [0.25, 0.3) is 0 Å². The monoisotopic (exact) mass is 225 g/mol. The van der Waals surface area contributed by atoms with Gasteiger partial charge in [0, 0.05) is 6.42 Å². The summed E-state index contributed by atoms with van der Waals surface area (Å²) < 4.78 is 37.0. The number of aliphatic carboxylic acids is 1. The average Bonchev–Trinajstić information content (AvgIpc) is 2.80. The molecule has 0 heterocycles. The molecule has 0 unspecified atom stereocenters. The van der Waals surface area contributed by atoms with Crippen LogP contribution in [0.1, 0.15) is 25.7 Å². The molecular weight excluding hydrogens is 215 g/mol. The summed E-state index contributed by atoms with van der Waals surface area (Å²) in [5, 5.41) is 10.1. The standard InChI is InChI=1S/C8H10F3NO3/c9-8(10,11)7(3-4-7)12-5(13)1-2-6(14)15/h1-4H2,(H,12,13)(H,14,15). The van der Waals surface area contributed by atoms with Crippen molar-refractivity contribution in [2.24, 2.45) is 0 Å². The normalized spacial score (nSPS) is 18.3. The van der Waals surface area contributed by atoms with Gasteiger partial charge in [-0.25, -0.2) is 0 Å². The van der Waals surface area contributed by atoms with E-state index < -0.39 is 36.4 Å². The molecule has 0 radical (unpaired) electrons. The van der Waals surface area contributed by atoms with E-state index in [2.05, 4.69) is 0 Å². The predicted octanol–water partition coefficient (Wildman–Crippen LogP) is 1.06. The number of carbonyl (C=O) groups is 2. The molecule has 0 spiro atoms. The third-order valence-electron chi connectivity index (χ3n) is 2.24. The van der Waals surface area contributed by atoms with Crippen LogP contribution in [0.3, 0.4) is 0 Å². The van der Waals surface area contributed by atoms with Crippen LogP contribution in [-0.4, -0.2) is 28.7 Å². The Morgan fingerprint density at radius 3 is 2.13 bits per heavy atom. The minimum absolute atomic E-state index is 0.130. The van der Waals surface area contributed by atoms with Gasteiger partial charge in [0.1, 0.15) is 5.54 Å². The van der Waals surface area contributed by atoms with E-state index in [1.54, 1.807) is 0 Å². The van der Waals surface area contributed by atoms with Crippen molar-refractivity contribution in [2.75, 3.05) is 0 Å². The molecule has 0 atom stereocenters. The number of alkyl halides is 3. The first kappa shape index (κ1) is 11.8. The Kier molecular flexibility index (Phi) is 2.92. The topological polar surface area (TPSA) is 66.4 Å². The fourth-order valence-corrected chi connectivity index (χ4v) is 1.15. The highest BCUT2D eigenvalue weighted by atomic mass is 19.4. The highest BCUT2D eigenvalue weighted by Crippen LogP contribution is 2.48. The molecule has 0 aromatic carbocycles. The molecule has 15 heavy (non-hydrogen) atoms. The predicted molar refractivity (Wildman–Crippen MR) is 43.0 cm³/mol. The van der Waals surface area contributed by atoms with Crippen molar-refractivity contribution in [1.29, 1.82) is 0 Å². The third-order valence-corrected chi connectivity index (χ3v) is 2.24. The number of amides is 1. The number of hydrogen-bond donors (Lipinski definition) is 2. The van der Waals surface area contributed by atoms with Crippen molar-refractivity contribution in [1.82, 2.24) is 5.32 Å². The molecule has 0 aliphatic heterocycles. The molecule has 0 aromatic rings. The first-order valence-corrected chi connectivity index (χ1v) is 4.36. The van der Waals surface area contributed by atoms with E-state index in [1.165, 1.54) is 0 Å². The van der Waals surface area contributed by atoms with Gasteiger partial charge >= 0.3 is 12.1 Å². The number of carboxylic acid groups (broad SMARTS) is 1. The highest BCUT2D eigenvalue weighted by molar-refractivity contribution is 5.81. The van der Waals surface area contributed by atoms with Gasteiger partial charge in [-0.15, -0.1) is 0 Å². The highest BCUT2D eigenvalue weighted by Gasteiger charge is 2.64. The first-order chi connectivity index (χ1) is 6.77. The van der Waals surface area contributed by atoms with Crippen molar-refractivity contribution >= 4 is 11.9 Å². The molecule has 1 aliphatic carbocycles. The zero-order valence-electron chi connectivity index (χ0n) is 7.73. The average molecular weight is 225 g/mol. The van der Waals surface area contributed by atoms with Gasteiger partial charge in [-0.2, -0.15) is 13.2 Å². The van der Waals surface area contributed by atoms with Crippen LogP contribution >= 0.6 is 0 Å². The molecule has 2 N–H and O–H groups in total. The fraction of sp³-hybridized carbons (Fsp3) is 0.750. The van der Waals surface area contributed by atoms with Gasteiger partial charge in [0.15, 0.2) is 0 Å². The molecule has 0 bridgehead atoms. The van der Waals surface area contributed by atoms with Gasteiger partial charge in [-0.05, 0) is 12.8 Å². The minimum atomic E-state index is -4.45. The van der Waals surface area contributed by atoms with Crippen LogP contribution in [-0.2, 0) is 9.59 Å². The summed E-state index contributed by atoms with van der Waals surface area (Å²) in [6.07, 6.45) is -5.59. The number of carboxylic acids is 1. The third kappa shape index (κ3) is 2.84. The summed E-state index contributed by atoms with van der Waals surface area (Å²) in [6, 6.07) is 0. The van der Waals surface area contributed by atoms with Crippen LogP contribution < -0.4 is 5.32 Å². The lowest BCUT2D eigenvalue weighted by molar-refractivity contribution is -0.170. The van der Waals surface area contributed by atoms with Crippen LogP contribution in [0, 0.1) is 0 Å². The van der Waals surface area contributed by atoms with Crippen LogP contribution in [0.2, 0.25) is 0 Å². The zero-order chi connectivity index (χ0) is 11.7. The Balaban J connectivity index is 2.42. The van der Waals surface area contributed by atoms with Gasteiger partial charge in [0.05, 0.1) is 6.42 Å². The van der Waals surface area contributed by atoms with E-state index in [4.69, 9.17) is 5.11 Å². The van der Waals surface area contributed by atoms with Gasteiger partial charge in [0.2, 0.25) is 5.91 Å². The molecule has 1 aliphatic rings. The Hall–Kier alpha value is -1.27. The van der Waals surface area contributed by atoms with Crippen LogP contribution in [0.25, 0.3) is 0 Å². The summed E-state index contributed by atoms with van der Waals surface area (Å²) in [5.74, 6) is -2.07. The largest absolute Gasteiger partial charge is 0.481 e. The van der Waals surface area contributed by atoms with Crippen molar-refractivity contribution in [3.63, 3.8) is 0 Å². The van der Waals surface area contributed by atoms with Crippen molar-refractivity contribution < 1.29 is 27.9 Å². The van der Waals surface area contributed by atoms with E-state index in [0.717, 1.165) is 0 Å². The molecule has 7 heteroatoms. The molecule has 1 rings (SSSR count). The summed E-state index contributed by atoms with van der Waals surface area (Å²) in [7, 11) is 0. The van der Waals surface area contributed by atoms with E-state index in [0.29, 0.717) is 0 Å². The molecule has 4 nitrogen and oxygen atoms in total. The number of carbonyl (C=O) groups excluding carboxylic acids is 1. The van der Waals surface area contributed by atoms with Crippen LogP contribution in [0.4, 0.5) is 13.2 Å². The maximum Gasteiger partial charge on any atom is 0.411 e. The molecule has 0 aromatic heterocycles. The maximum absolute atomic E-state index is 12.3. The maximum atomic E-state index is 12.3. The summed E-state index contributed by atoms with van der Waals surface area (Å²) in [4.78, 5) is 21.1. The molecule has 1 saturated carbocycles. The summed E-state index contributed by atoms with van der Waals surface area (Å²) in [6.45, 7) is 0. The number of rotatable bonds is 4. The number of nitrogens with one attached hydrogen (secondary N) is 1. The molecule has 1 fully saturated rings. The summed E-state index contributed by atoms with van der Waals surface area (Å²) in [5.41, 5.74) is -2.09. The number of halogens is 3. The van der Waals surface area contributed by atoms with Crippen molar-refractivity contribution in [3.8, 4) is 0 Å². The Morgan fingerprint density at radius 1 is 1.27 bits per heavy atom. The van der Waals surface area contributed by atoms with Crippen LogP contribution in [0.5, 0.6) is 0 Å². The molecule has 1 amide bonds.